The van der Waals surface area contributed by atoms with Gasteiger partial charge in [0.25, 0.3) is 0 Å². The van der Waals surface area contributed by atoms with Gasteiger partial charge in [-0.1, -0.05) is 29.8 Å². The Morgan fingerprint density at radius 1 is 1.22 bits per heavy atom. The zero-order valence-corrected chi connectivity index (χ0v) is 14.1. The summed E-state index contributed by atoms with van der Waals surface area (Å²) in [5, 5.41) is 10.0. The number of carbonyl (C=O) groups is 1. The summed E-state index contributed by atoms with van der Waals surface area (Å²) in [6, 6.07) is 8.72. The van der Waals surface area contributed by atoms with Crippen LogP contribution in [0.3, 0.4) is 0 Å². The molecule has 2 atom stereocenters. The van der Waals surface area contributed by atoms with Crippen LogP contribution in [0.5, 0.6) is 0 Å². The van der Waals surface area contributed by atoms with Crippen molar-refractivity contribution in [2.75, 3.05) is 26.2 Å². The maximum atomic E-state index is 12.4. The molecule has 2 unspecified atom stereocenters. The van der Waals surface area contributed by atoms with E-state index < -0.39 is 0 Å². The minimum atomic E-state index is -0.168. The van der Waals surface area contributed by atoms with Crippen LogP contribution >= 0.6 is 0 Å². The van der Waals surface area contributed by atoms with Crippen molar-refractivity contribution in [3.8, 4) is 0 Å². The average molecular weight is 316 g/mol. The van der Waals surface area contributed by atoms with E-state index in [4.69, 9.17) is 0 Å². The molecule has 2 aliphatic rings. The van der Waals surface area contributed by atoms with Crippen molar-refractivity contribution in [2.24, 2.45) is 0 Å². The fourth-order valence-electron chi connectivity index (χ4n) is 3.93. The first kappa shape index (κ1) is 16.5. The van der Waals surface area contributed by atoms with E-state index in [1.54, 1.807) is 0 Å². The molecule has 1 saturated carbocycles. The lowest BCUT2D eigenvalue weighted by Gasteiger charge is -2.39. The van der Waals surface area contributed by atoms with Crippen molar-refractivity contribution in [1.82, 2.24) is 9.80 Å². The summed E-state index contributed by atoms with van der Waals surface area (Å²) in [6.45, 7) is 5.49. The lowest BCUT2D eigenvalue weighted by atomic mass is 10.1. The second-order valence-corrected chi connectivity index (χ2v) is 6.97. The van der Waals surface area contributed by atoms with Crippen LogP contribution in [0.2, 0.25) is 0 Å². The summed E-state index contributed by atoms with van der Waals surface area (Å²) in [6.07, 6.45) is 4.40. The Morgan fingerprint density at radius 3 is 2.65 bits per heavy atom. The van der Waals surface area contributed by atoms with Crippen molar-refractivity contribution in [1.29, 1.82) is 0 Å². The Balaban J connectivity index is 1.45. The third kappa shape index (κ3) is 4.12. The van der Waals surface area contributed by atoms with E-state index in [0.717, 1.165) is 51.9 Å². The number of benzene rings is 1. The van der Waals surface area contributed by atoms with Crippen molar-refractivity contribution < 1.29 is 9.90 Å². The van der Waals surface area contributed by atoms with E-state index in [0.29, 0.717) is 12.5 Å². The SMILES string of the molecule is Cc1cccc(CCC(=O)N2CCN(C3CCCC3O)CC2)c1. The Bertz CT molecular complexity index is 538. The lowest BCUT2D eigenvalue weighted by Crippen LogP contribution is -2.53. The fourth-order valence-corrected chi connectivity index (χ4v) is 3.93. The van der Waals surface area contributed by atoms with Gasteiger partial charge in [0.2, 0.25) is 5.91 Å². The molecule has 1 heterocycles. The molecule has 0 bridgehead atoms. The normalized spacial score (nSPS) is 25.7. The predicted molar refractivity (Wildman–Crippen MR) is 91.3 cm³/mol. The van der Waals surface area contributed by atoms with Gasteiger partial charge in [-0.3, -0.25) is 9.69 Å². The highest BCUT2D eigenvalue weighted by Crippen LogP contribution is 2.25. The molecule has 4 heteroatoms. The van der Waals surface area contributed by atoms with Gasteiger partial charge in [-0.2, -0.15) is 0 Å². The summed E-state index contributed by atoms with van der Waals surface area (Å²) in [7, 11) is 0. The van der Waals surface area contributed by atoms with Gasteiger partial charge in [-0.25, -0.2) is 0 Å². The topological polar surface area (TPSA) is 43.8 Å². The Hall–Kier alpha value is -1.39. The summed E-state index contributed by atoms with van der Waals surface area (Å²) >= 11 is 0. The van der Waals surface area contributed by atoms with E-state index >= 15 is 0 Å². The van der Waals surface area contributed by atoms with Gasteiger partial charge in [0.1, 0.15) is 0 Å². The summed E-state index contributed by atoms with van der Waals surface area (Å²) in [5.41, 5.74) is 2.49. The number of aryl methyl sites for hydroxylation is 2. The Kier molecular flexibility index (Phi) is 5.34. The lowest BCUT2D eigenvalue weighted by molar-refractivity contribution is -0.133. The van der Waals surface area contributed by atoms with Gasteiger partial charge in [0.05, 0.1) is 6.10 Å². The third-order valence-corrected chi connectivity index (χ3v) is 5.29. The van der Waals surface area contributed by atoms with E-state index in [2.05, 4.69) is 36.1 Å². The van der Waals surface area contributed by atoms with Crippen LogP contribution in [0, 0.1) is 6.92 Å². The van der Waals surface area contributed by atoms with E-state index in [-0.39, 0.29) is 12.0 Å². The third-order valence-electron chi connectivity index (χ3n) is 5.29. The van der Waals surface area contributed by atoms with E-state index in [1.807, 2.05) is 4.90 Å². The van der Waals surface area contributed by atoms with Crippen LogP contribution in [-0.4, -0.2) is 59.1 Å². The number of hydrogen-bond donors (Lipinski definition) is 1. The largest absolute Gasteiger partial charge is 0.391 e. The number of carbonyl (C=O) groups excluding carboxylic acids is 1. The van der Waals surface area contributed by atoms with Gasteiger partial charge in [-0.05, 0) is 38.2 Å². The van der Waals surface area contributed by atoms with Crippen LogP contribution < -0.4 is 0 Å². The number of amides is 1. The number of aliphatic hydroxyl groups is 1. The molecule has 3 rings (SSSR count). The first-order chi connectivity index (χ1) is 11.1. The van der Waals surface area contributed by atoms with Crippen LogP contribution in [0.4, 0.5) is 0 Å². The fraction of sp³-hybridized carbons (Fsp3) is 0.632. The summed E-state index contributed by atoms with van der Waals surface area (Å²) in [5.74, 6) is 0.262. The molecule has 1 aliphatic heterocycles. The summed E-state index contributed by atoms with van der Waals surface area (Å²) < 4.78 is 0. The quantitative estimate of drug-likeness (QED) is 0.924. The van der Waals surface area contributed by atoms with Gasteiger partial charge in [0, 0.05) is 38.6 Å². The zero-order chi connectivity index (χ0) is 16.2. The van der Waals surface area contributed by atoms with Crippen LogP contribution in [0.1, 0.15) is 36.8 Å². The van der Waals surface area contributed by atoms with Crippen molar-refractivity contribution >= 4 is 5.91 Å². The number of nitrogens with zero attached hydrogens (tertiary/aromatic N) is 2. The molecule has 4 nitrogen and oxygen atoms in total. The minimum absolute atomic E-state index is 0.168. The molecule has 0 spiro atoms. The number of aliphatic hydroxyl groups excluding tert-OH is 1. The molecule has 23 heavy (non-hydrogen) atoms. The molecule has 0 radical (unpaired) electrons. The monoisotopic (exact) mass is 316 g/mol. The minimum Gasteiger partial charge on any atom is -0.391 e. The smallest absolute Gasteiger partial charge is 0.222 e. The highest BCUT2D eigenvalue weighted by molar-refractivity contribution is 5.76. The summed E-state index contributed by atoms with van der Waals surface area (Å²) in [4.78, 5) is 16.8. The standard InChI is InChI=1S/C19H28N2O2/c1-15-4-2-5-16(14-15)8-9-19(23)21-12-10-20(11-13-21)17-6-3-7-18(17)22/h2,4-5,14,17-18,22H,3,6-13H2,1H3. The van der Waals surface area contributed by atoms with Gasteiger partial charge in [0.15, 0.2) is 0 Å². The van der Waals surface area contributed by atoms with E-state index in [9.17, 15) is 9.90 Å². The second-order valence-electron chi connectivity index (χ2n) is 6.97. The molecular weight excluding hydrogens is 288 g/mol. The molecule has 1 aromatic carbocycles. The van der Waals surface area contributed by atoms with Crippen molar-refractivity contribution in [2.45, 2.75) is 51.2 Å². The number of piperazine rings is 1. The second kappa shape index (κ2) is 7.45. The molecule has 1 aliphatic carbocycles. The average Bonchev–Trinajstić information content (AvgIpc) is 2.99. The molecule has 0 aromatic heterocycles. The molecule has 126 valence electrons. The van der Waals surface area contributed by atoms with Crippen molar-refractivity contribution in [3.05, 3.63) is 35.4 Å². The first-order valence-corrected chi connectivity index (χ1v) is 8.89. The van der Waals surface area contributed by atoms with Gasteiger partial charge < -0.3 is 10.0 Å². The van der Waals surface area contributed by atoms with Crippen molar-refractivity contribution in [3.63, 3.8) is 0 Å². The highest BCUT2D eigenvalue weighted by Gasteiger charge is 2.33. The number of rotatable bonds is 4. The number of hydrogen-bond acceptors (Lipinski definition) is 3. The van der Waals surface area contributed by atoms with Crippen LogP contribution in [0.15, 0.2) is 24.3 Å². The molecule has 1 saturated heterocycles. The van der Waals surface area contributed by atoms with Gasteiger partial charge >= 0.3 is 0 Å². The first-order valence-electron chi connectivity index (χ1n) is 8.89. The maximum Gasteiger partial charge on any atom is 0.222 e. The van der Waals surface area contributed by atoms with E-state index in [1.165, 1.54) is 11.1 Å². The molecule has 1 amide bonds. The predicted octanol–water partition coefficient (Wildman–Crippen LogP) is 1.99. The molecule has 2 fully saturated rings. The zero-order valence-electron chi connectivity index (χ0n) is 14.1. The Morgan fingerprint density at radius 2 is 2.00 bits per heavy atom. The molecule has 1 N–H and O–H groups in total. The Labute approximate surface area is 139 Å². The van der Waals surface area contributed by atoms with Crippen LogP contribution in [-0.2, 0) is 11.2 Å². The van der Waals surface area contributed by atoms with Gasteiger partial charge in [-0.15, -0.1) is 0 Å². The van der Waals surface area contributed by atoms with Crippen LogP contribution in [0.25, 0.3) is 0 Å². The molecule has 1 aromatic rings. The maximum absolute atomic E-state index is 12.4. The highest BCUT2D eigenvalue weighted by atomic mass is 16.3. The molecular formula is C19H28N2O2.